The van der Waals surface area contributed by atoms with Crippen LogP contribution in [0.15, 0.2) is 42.5 Å². The molecule has 0 radical (unpaired) electrons. The molecule has 0 aromatic heterocycles. The molecule has 9 heteroatoms. The van der Waals surface area contributed by atoms with E-state index in [-0.39, 0.29) is 18.5 Å². The summed E-state index contributed by atoms with van der Waals surface area (Å²) >= 11 is 0. The zero-order valence-electron chi connectivity index (χ0n) is 20.8. The average molecular weight is 504 g/mol. The predicted molar refractivity (Wildman–Crippen MR) is 135 cm³/mol. The van der Waals surface area contributed by atoms with E-state index in [1.807, 2.05) is 19.9 Å². The van der Waals surface area contributed by atoms with Gasteiger partial charge < -0.3 is 10.2 Å². The van der Waals surface area contributed by atoms with Gasteiger partial charge in [-0.1, -0.05) is 31.0 Å². The first-order valence-electron chi connectivity index (χ1n) is 11.8. The quantitative estimate of drug-likeness (QED) is 0.566. The Morgan fingerprint density at radius 2 is 1.63 bits per heavy atom. The van der Waals surface area contributed by atoms with Gasteiger partial charge in [0.2, 0.25) is 21.8 Å². The van der Waals surface area contributed by atoms with Gasteiger partial charge in [0, 0.05) is 12.6 Å². The molecule has 3 rings (SSSR count). The van der Waals surface area contributed by atoms with Crippen molar-refractivity contribution in [3.05, 3.63) is 65.0 Å². The van der Waals surface area contributed by atoms with Gasteiger partial charge in [-0.05, 0) is 74.6 Å². The minimum absolute atomic E-state index is 0.0445. The minimum atomic E-state index is -3.79. The van der Waals surface area contributed by atoms with Gasteiger partial charge in [0.05, 0.1) is 11.9 Å². The number of hydrogen-bond donors (Lipinski definition) is 1. The average Bonchev–Trinajstić information content (AvgIpc) is 3.28. The highest BCUT2D eigenvalue weighted by atomic mass is 32.2. The van der Waals surface area contributed by atoms with E-state index in [0.29, 0.717) is 11.3 Å². The van der Waals surface area contributed by atoms with E-state index >= 15 is 0 Å². The van der Waals surface area contributed by atoms with Crippen molar-refractivity contribution in [1.82, 2.24) is 10.2 Å². The molecular weight excluding hydrogens is 469 g/mol. The Morgan fingerprint density at radius 1 is 1.06 bits per heavy atom. The van der Waals surface area contributed by atoms with Gasteiger partial charge in [-0.3, -0.25) is 13.9 Å². The Balaban J connectivity index is 1.89. The topological polar surface area (TPSA) is 86.8 Å². The Labute approximate surface area is 207 Å². The number of halogens is 1. The maximum absolute atomic E-state index is 13.6. The number of sulfonamides is 1. The Hall–Kier alpha value is -2.94. The van der Waals surface area contributed by atoms with Crippen LogP contribution < -0.4 is 9.62 Å². The van der Waals surface area contributed by atoms with Crippen LogP contribution in [0.1, 0.15) is 49.3 Å². The summed E-state index contributed by atoms with van der Waals surface area (Å²) in [6.07, 6.45) is 4.96. The van der Waals surface area contributed by atoms with Crippen LogP contribution in [0.3, 0.4) is 0 Å². The highest BCUT2D eigenvalue weighted by Gasteiger charge is 2.31. The standard InChI is InChI=1S/C26H34FN3O4S/c1-18-13-19(2)15-24(14-18)30(35(4,33)34)17-25(31)29(16-21-9-11-22(27)12-10-21)20(3)26(32)28-23-7-5-6-8-23/h9-15,20,23H,5-8,16-17H2,1-4H3,(H,28,32). The van der Waals surface area contributed by atoms with E-state index in [4.69, 9.17) is 0 Å². The van der Waals surface area contributed by atoms with Gasteiger partial charge in [-0.2, -0.15) is 0 Å². The third-order valence-corrected chi connectivity index (χ3v) is 7.45. The van der Waals surface area contributed by atoms with Crippen molar-refractivity contribution in [1.29, 1.82) is 0 Å². The molecule has 35 heavy (non-hydrogen) atoms. The molecule has 1 aliphatic carbocycles. The molecule has 1 N–H and O–H groups in total. The molecule has 2 aromatic rings. The number of carbonyl (C=O) groups excluding carboxylic acids is 2. The molecule has 0 saturated heterocycles. The lowest BCUT2D eigenvalue weighted by atomic mass is 10.1. The van der Waals surface area contributed by atoms with Crippen molar-refractivity contribution < 1.29 is 22.4 Å². The van der Waals surface area contributed by atoms with Crippen LogP contribution in [0, 0.1) is 19.7 Å². The van der Waals surface area contributed by atoms with E-state index in [1.54, 1.807) is 31.2 Å². The highest BCUT2D eigenvalue weighted by molar-refractivity contribution is 7.92. The van der Waals surface area contributed by atoms with Crippen LogP contribution in [0.25, 0.3) is 0 Å². The summed E-state index contributed by atoms with van der Waals surface area (Å²) in [7, 11) is -3.79. The predicted octanol–water partition coefficient (Wildman–Crippen LogP) is 3.68. The van der Waals surface area contributed by atoms with Crippen molar-refractivity contribution >= 4 is 27.5 Å². The zero-order valence-corrected chi connectivity index (χ0v) is 21.6. The number of benzene rings is 2. The number of hydrogen-bond acceptors (Lipinski definition) is 4. The van der Waals surface area contributed by atoms with Crippen LogP contribution >= 0.6 is 0 Å². The smallest absolute Gasteiger partial charge is 0.244 e. The third kappa shape index (κ3) is 7.27. The molecule has 1 fully saturated rings. The maximum atomic E-state index is 13.6. The Bertz CT molecular complexity index is 1140. The molecule has 2 amide bonds. The van der Waals surface area contributed by atoms with Crippen molar-refractivity contribution in [3.63, 3.8) is 0 Å². The fourth-order valence-electron chi connectivity index (χ4n) is 4.47. The summed E-state index contributed by atoms with van der Waals surface area (Å²) in [5.74, 6) is -1.21. The fourth-order valence-corrected chi connectivity index (χ4v) is 5.30. The molecule has 0 spiro atoms. The molecule has 1 unspecified atom stereocenters. The summed E-state index contributed by atoms with van der Waals surface area (Å²) < 4.78 is 39.9. The number of aryl methyl sites for hydroxylation is 2. The summed E-state index contributed by atoms with van der Waals surface area (Å²) in [6.45, 7) is 4.93. The lowest BCUT2D eigenvalue weighted by Crippen LogP contribution is -2.52. The second-order valence-electron chi connectivity index (χ2n) is 9.43. The maximum Gasteiger partial charge on any atom is 0.244 e. The van der Waals surface area contributed by atoms with Crippen LogP contribution in [0.5, 0.6) is 0 Å². The van der Waals surface area contributed by atoms with Crippen LogP contribution in [0.2, 0.25) is 0 Å². The fraction of sp³-hybridized carbons (Fsp3) is 0.462. The van der Waals surface area contributed by atoms with E-state index < -0.39 is 34.3 Å². The third-order valence-electron chi connectivity index (χ3n) is 6.31. The summed E-state index contributed by atoms with van der Waals surface area (Å²) in [5, 5.41) is 3.01. The van der Waals surface area contributed by atoms with Crippen LogP contribution in [0.4, 0.5) is 10.1 Å². The normalized spacial score (nSPS) is 15.0. The molecule has 1 aliphatic rings. The Morgan fingerprint density at radius 3 is 2.17 bits per heavy atom. The molecule has 0 aliphatic heterocycles. The largest absolute Gasteiger partial charge is 0.352 e. The number of nitrogens with one attached hydrogen (secondary N) is 1. The molecule has 1 atom stereocenters. The SMILES string of the molecule is Cc1cc(C)cc(N(CC(=O)N(Cc2ccc(F)cc2)C(C)C(=O)NC2CCCC2)S(C)(=O)=O)c1. The van der Waals surface area contributed by atoms with Gasteiger partial charge >= 0.3 is 0 Å². The molecule has 2 aromatic carbocycles. The van der Waals surface area contributed by atoms with Crippen molar-refractivity contribution in [2.75, 3.05) is 17.1 Å². The number of nitrogens with zero attached hydrogens (tertiary/aromatic N) is 2. The summed E-state index contributed by atoms with van der Waals surface area (Å²) in [6, 6.07) is 10.3. The van der Waals surface area contributed by atoms with Crippen LogP contribution in [-0.4, -0.2) is 50.0 Å². The number of anilines is 1. The monoisotopic (exact) mass is 503 g/mol. The molecule has 1 saturated carbocycles. The van der Waals surface area contributed by atoms with E-state index in [2.05, 4.69) is 5.32 Å². The van der Waals surface area contributed by atoms with E-state index in [9.17, 15) is 22.4 Å². The minimum Gasteiger partial charge on any atom is -0.352 e. The zero-order chi connectivity index (χ0) is 25.8. The molecule has 7 nitrogen and oxygen atoms in total. The van der Waals surface area contributed by atoms with Crippen molar-refractivity contribution in [2.24, 2.45) is 0 Å². The Kier molecular flexibility index (Phi) is 8.53. The number of amides is 2. The molecule has 0 bridgehead atoms. The van der Waals surface area contributed by atoms with E-state index in [1.165, 1.54) is 17.0 Å². The van der Waals surface area contributed by atoms with Gasteiger partial charge in [0.1, 0.15) is 18.4 Å². The first-order valence-corrected chi connectivity index (χ1v) is 13.7. The first-order chi connectivity index (χ1) is 16.4. The lowest BCUT2D eigenvalue weighted by molar-refractivity contribution is -0.139. The second-order valence-corrected chi connectivity index (χ2v) is 11.3. The molecule has 0 heterocycles. The van der Waals surface area contributed by atoms with Gasteiger partial charge in [0.25, 0.3) is 0 Å². The van der Waals surface area contributed by atoms with Gasteiger partial charge in [-0.25, -0.2) is 12.8 Å². The summed E-state index contributed by atoms with van der Waals surface area (Å²) in [5.41, 5.74) is 2.77. The van der Waals surface area contributed by atoms with E-state index in [0.717, 1.165) is 47.4 Å². The number of carbonyl (C=O) groups is 2. The summed E-state index contributed by atoms with van der Waals surface area (Å²) in [4.78, 5) is 28.0. The lowest BCUT2D eigenvalue weighted by Gasteiger charge is -2.32. The van der Waals surface area contributed by atoms with Crippen LogP contribution in [-0.2, 0) is 26.2 Å². The molecule has 190 valence electrons. The second kappa shape index (κ2) is 11.2. The molecular formula is C26H34FN3O4S. The first kappa shape index (κ1) is 26.7. The van der Waals surface area contributed by atoms with Crippen molar-refractivity contribution in [2.45, 2.75) is 65.1 Å². The number of rotatable bonds is 9. The van der Waals surface area contributed by atoms with Crippen molar-refractivity contribution in [3.8, 4) is 0 Å². The van der Waals surface area contributed by atoms with Gasteiger partial charge in [-0.15, -0.1) is 0 Å². The van der Waals surface area contributed by atoms with Gasteiger partial charge in [0.15, 0.2) is 0 Å². The highest BCUT2D eigenvalue weighted by Crippen LogP contribution is 2.23.